The zero-order chi connectivity index (χ0) is 12.6. The lowest BCUT2D eigenvalue weighted by atomic mass is 10.1. The fourth-order valence-corrected chi connectivity index (χ4v) is 1.97. The molecule has 2 rings (SSSR count). The first-order valence-corrected chi connectivity index (χ1v) is 5.63. The van der Waals surface area contributed by atoms with Crippen LogP contribution in [0.2, 0.25) is 5.15 Å². The molecule has 0 aliphatic heterocycles. The molecular weight excluding hydrogens is 240 g/mol. The first-order chi connectivity index (χ1) is 7.99. The Hall–Kier alpha value is -1.55. The predicted octanol–water partition coefficient (Wildman–Crippen LogP) is 2.71. The summed E-state index contributed by atoms with van der Waals surface area (Å²) >= 11 is 6.08. The molecule has 0 atom stereocenters. The zero-order valence-corrected chi connectivity index (χ0v) is 10.7. The van der Waals surface area contributed by atoms with Crippen molar-refractivity contribution in [2.45, 2.75) is 20.3 Å². The summed E-state index contributed by atoms with van der Waals surface area (Å²) in [5.74, 6) is 0.710. The van der Waals surface area contributed by atoms with Gasteiger partial charge in [-0.15, -0.1) is 0 Å². The molecule has 0 spiro atoms. The molecule has 90 valence electrons. The largest absolute Gasteiger partial charge is 0.469 e. The molecule has 0 aliphatic carbocycles. The van der Waals surface area contributed by atoms with Crippen molar-refractivity contribution < 1.29 is 9.21 Å². The second-order valence-electron chi connectivity index (χ2n) is 4.02. The van der Waals surface area contributed by atoms with Gasteiger partial charge in [0.2, 0.25) is 0 Å². The van der Waals surface area contributed by atoms with Gasteiger partial charge in [0.15, 0.2) is 5.78 Å². The molecule has 0 aromatic carbocycles. The zero-order valence-electron chi connectivity index (χ0n) is 9.95. The molecule has 0 radical (unpaired) electrons. The van der Waals surface area contributed by atoms with Crippen molar-refractivity contribution in [1.82, 2.24) is 9.78 Å². The quantitative estimate of drug-likeness (QED) is 0.789. The molecule has 0 N–H and O–H groups in total. The number of halogens is 1. The first kappa shape index (κ1) is 11.9. The third-order valence-corrected chi connectivity index (χ3v) is 3.13. The highest BCUT2D eigenvalue weighted by atomic mass is 35.5. The van der Waals surface area contributed by atoms with Crippen molar-refractivity contribution >= 4 is 17.4 Å². The summed E-state index contributed by atoms with van der Waals surface area (Å²) in [6.45, 7) is 3.65. The van der Waals surface area contributed by atoms with Crippen molar-refractivity contribution in [2.75, 3.05) is 0 Å². The summed E-state index contributed by atoms with van der Waals surface area (Å²) in [5.41, 5.74) is 2.13. The molecule has 0 fully saturated rings. The number of ketones is 1. The molecule has 2 heterocycles. The first-order valence-electron chi connectivity index (χ1n) is 5.25. The van der Waals surface area contributed by atoms with Crippen molar-refractivity contribution in [1.29, 1.82) is 0 Å². The van der Waals surface area contributed by atoms with Gasteiger partial charge in [0.05, 0.1) is 11.3 Å². The standard InChI is InChI=1S/C12H13ClN2O2/c1-7-4-9(6-17-7)11(16)5-10-8(2)14-15(3)12(10)13/h4,6H,5H2,1-3H3. The van der Waals surface area contributed by atoms with Crippen LogP contribution in [-0.4, -0.2) is 15.6 Å². The smallest absolute Gasteiger partial charge is 0.170 e. The number of hydrogen-bond donors (Lipinski definition) is 0. The molecule has 2 aromatic rings. The summed E-state index contributed by atoms with van der Waals surface area (Å²) in [5, 5.41) is 4.68. The van der Waals surface area contributed by atoms with Crippen LogP contribution in [0.4, 0.5) is 0 Å². The van der Waals surface area contributed by atoms with Gasteiger partial charge in [0, 0.05) is 19.0 Å². The van der Waals surface area contributed by atoms with Crippen LogP contribution in [0.5, 0.6) is 0 Å². The number of rotatable bonds is 3. The van der Waals surface area contributed by atoms with E-state index in [1.165, 1.54) is 6.26 Å². The minimum Gasteiger partial charge on any atom is -0.469 e. The van der Waals surface area contributed by atoms with Crippen molar-refractivity contribution in [3.05, 3.63) is 40.1 Å². The number of carbonyl (C=O) groups excluding carboxylic acids is 1. The van der Waals surface area contributed by atoms with Gasteiger partial charge in [0.25, 0.3) is 0 Å². The van der Waals surface area contributed by atoms with Crippen LogP contribution < -0.4 is 0 Å². The second kappa shape index (κ2) is 4.37. The number of hydrogen-bond acceptors (Lipinski definition) is 3. The van der Waals surface area contributed by atoms with Crippen molar-refractivity contribution in [2.24, 2.45) is 7.05 Å². The fourth-order valence-electron chi connectivity index (χ4n) is 1.73. The van der Waals surface area contributed by atoms with Crippen LogP contribution >= 0.6 is 11.6 Å². The Morgan fingerprint density at radius 3 is 2.71 bits per heavy atom. The molecule has 2 aromatic heterocycles. The summed E-state index contributed by atoms with van der Waals surface area (Å²) in [4.78, 5) is 12.0. The lowest BCUT2D eigenvalue weighted by molar-refractivity contribution is 0.0992. The van der Waals surface area contributed by atoms with E-state index in [4.69, 9.17) is 16.0 Å². The monoisotopic (exact) mass is 252 g/mol. The van der Waals surface area contributed by atoms with Gasteiger partial charge in [-0.2, -0.15) is 5.10 Å². The Morgan fingerprint density at radius 1 is 1.53 bits per heavy atom. The highest BCUT2D eigenvalue weighted by Crippen LogP contribution is 2.21. The van der Waals surface area contributed by atoms with E-state index in [2.05, 4.69) is 5.10 Å². The molecule has 0 aliphatic rings. The Kier molecular flexibility index (Phi) is 3.07. The Labute approximate surface area is 104 Å². The van der Waals surface area contributed by atoms with Crippen LogP contribution in [0.15, 0.2) is 16.7 Å². The summed E-state index contributed by atoms with van der Waals surface area (Å²) in [7, 11) is 1.76. The molecule has 0 saturated carbocycles. The number of nitrogens with zero attached hydrogens (tertiary/aromatic N) is 2. The van der Waals surface area contributed by atoms with Crippen LogP contribution in [0.3, 0.4) is 0 Å². The molecule has 0 bridgehead atoms. The maximum atomic E-state index is 12.0. The van der Waals surface area contributed by atoms with E-state index < -0.39 is 0 Å². The van der Waals surface area contributed by atoms with Gasteiger partial charge in [-0.1, -0.05) is 11.6 Å². The maximum absolute atomic E-state index is 12.0. The van der Waals surface area contributed by atoms with Gasteiger partial charge in [-0.05, 0) is 19.9 Å². The molecular formula is C12H13ClN2O2. The minimum atomic E-state index is -0.0140. The lowest BCUT2D eigenvalue weighted by Crippen LogP contribution is -2.03. The van der Waals surface area contributed by atoms with Crippen molar-refractivity contribution in [3.8, 4) is 0 Å². The van der Waals surface area contributed by atoms with E-state index in [1.54, 1.807) is 24.7 Å². The van der Waals surface area contributed by atoms with Crippen LogP contribution in [-0.2, 0) is 13.5 Å². The number of furan rings is 1. The SMILES string of the molecule is Cc1cc(C(=O)Cc2c(C)nn(C)c2Cl)co1. The fraction of sp³-hybridized carbons (Fsp3) is 0.333. The van der Waals surface area contributed by atoms with E-state index in [9.17, 15) is 4.79 Å². The molecule has 17 heavy (non-hydrogen) atoms. The predicted molar refractivity (Wildman–Crippen MR) is 64.4 cm³/mol. The van der Waals surface area contributed by atoms with Crippen LogP contribution in [0, 0.1) is 13.8 Å². The van der Waals surface area contributed by atoms with Gasteiger partial charge < -0.3 is 4.42 Å². The normalized spacial score (nSPS) is 10.8. The van der Waals surface area contributed by atoms with E-state index in [0.29, 0.717) is 10.7 Å². The topological polar surface area (TPSA) is 48.0 Å². The molecule has 4 nitrogen and oxygen atoms in total. The van der Waals surface area contributed by atoms with E-state index in [1.807, 2.05) is 6.92 Å². The Balaban J connectivity index is 2.24. The van der Waals surface area contributed by atoms with Gasteiger partial charge in [-0.25, -0.2) is 0 Å². The minimum absolute atomic E-state index is 0.0140. The Bertz CT molecular complexity index is 569. The van der Waals surface area contributed by atoms with Crippen LogP contribution in [0.1, 0.15) is 27.4 Å². The highest BCUT2D eigenvalue weighted by Gasteiger charge is 2.17. The number of carbonyl (C=O) groups is 1. The van der Waals surface area contributed by atoms with Gasteiger partial charge in [0.1, 0.15) is 17.2 Å². The van der Waals surface area contributed by atoms with E-state index in [-0.39, 0.29) is 12.2 Å². The highest BCUT2D eigenvalue weighted by molar-refractivity contribution is 6.30. The molecule has 0 saturated heterocycles. The summed E-state index contributed by atoms with van der Waals surface area (Å²) in [6.07, 6.45) is 1.72. The number of aromatic nitrogens is 2. The summed E-state index contributed by atoms with van der Waals surface area (Å²) < 4.78 is 6.68. The third kappa shape index (κ3) is 2.26. The molecule has 0 unspecified atom stereocenters. The number of Topliss-reactive ketones (excluding diaryl/α,β-unsaturated/α-hetero) is 1. The lowest BCUT2D eigenvalue weighted by Gasteiger charge is -1.98. The van der Waals surface area contributed by atoms with Gasteiger partial charge >= 0.3 is 0 Å². The van der Waals surface area contributed by atoms with E-state index >= 15 is 0 Å². The third-order valence-electron chi connectivity index (χ3n) is 2.66. The maximum Gasteiger partial charge on any atom is 0.170 e. The summed E-state index contributed by atoms with van der Waals surface area (Å²) in [6, 6.07) is 1.72. The van der Waals surface area contributed by atoms with E-state index in [0.717, 1.165) is 17.0 Å². The average Bonchev–Trinajstić information content (AvgIpc) is 2.79. The van der Waals surface area contributed by atoms with Gasteiger partial charge in [-0.3, -0.25) is 9.48 Å². The average molecular weight is 253 g/mol. The Morgan fingerprint density at radius 2 is 2.24 bits per heavy atom. The molecule has 5 heteroatoms. The number of aryl methyl sites for hydroxylation is 3. The van der Waals surface area contributed by atoms with Crippen LogP contribution in [0.25, 0.3) is 0 Å². The van der Waals surface area contributed by atoms with Crippen molar-refractivity contribution in [3.63, 3.8) is 0 Å². The molecule has 0 amide bonds. The second-order valence-corrected chi connectivity index (χ2v) is 4.38.